The van der Waals surface area contributed by atoms with Crippen LogP contribution >= 0.6 is 0 Å². The molecule has 2 fully saturated rings. The summed E-state index contributed by atoms with van der Waals surface area (Å²) in [5.41, 5.74) is 0. The molecule has 0 aromatic carbocycles. The number of hydrogen-bond donors (Lipinski definition) is 1. The van der Waals surface area contributed by atoms with Gasteiger partial charge in [0.25, 0.3) is 0 Å². The third-order valence-corrected chi connectivity index (χ3v) is 4.52. The Morgan fingerprint density at radius 3 is 2.00 bits per heavy atom. The standard InChI is InChI=1S/C14H29N3/c1-13(2)14-3-7-16(8-4-14)11-12-17-9-5-15-6-10-17/h13-15H,3-12H2,1-2H3. The summed E-state index contributed by atoms with van der Waals surface area (Å²) in [6, 6.07) is 0. The van der Waals surface area contributed by atoms with Gasteiger partial charge in [-0.1, -0.05) is 13.8 Å². The van der Waals surface area contributed by atoms with Gasteiger partial charge < -0.3 is 10.2 Å². The molecular formula is C14H29N3. The van der Waals surface area contributed by atoms with Gasteiger partial charge in [0.2, 0.25) is 0 Å². The molecule has 3 nitrogen and oxygen atoms in total. The van der Waals surface area contributed by atoms with Crippen molar-refractivity contribution < 1.29 is 0 Å². The molecule has 2 aliphatic heterocycles. The van der Waals surface area contributed by atoms with Crippen molar-refractivity contribution in [2.24, 2.45) is 11.8 Å². The Morgan fingerprint density at radius 2 is 1.47 bits per heavy atom. The molecule has 0 aliphatic carbocycles. The first-order valence-electron chi connectivity index (χ1n) is 7.41. The predicted octanol–water partition coefficient (Wildman–Crippen LogP) is 1.26. The molecule has 0 aromatic heterocycles. The second kappa shape index (κ2) is 6.72. The van der Waals surface area contributed by atoms with Gasteiger partial charge in [-0.05, 0) is 37.8 Å². The normalized spacial score (nSPS) is 25.6. The summed E-state index contributed by atoms with van der Waals surface area (Å²) in [4.78, 5) is 5.27. The van der Waals surface area contributed by atoms with Crippen molar-refractivity contribution in [3.63, 3.8) is 0 Å². The highest BCUT2D eigenvalue weighted by atomic mass is 15.2. The van der Waals surface area contributed by atoms with Crippen LogP contribution in [0.2, 0.25) is 0 Å². The number of hydrogen-bond acceptors (Lipinski definition) is 3. The molecule has 0 spiro atoms. The quantitative estimate of drug-likeness (QED) is 0.797. The zero-order valence-electron chi connectivity index (χ0n) is 11.6. The fraction of sp³-hybridized carbons (Fsp3) is 1.00. The second-order valence-electron chi connectivity index (χ2n) is 6.01. The van der Waals surface area contributed by atoms with Crippen LogP contribution in [0.1, 0.15) is 26.7 Å². The fourth-order valence-corrected chi connectivity index (χ4v) is 3.06. The minimum atomic E-state index is 0.880. The second-order valence-corrected chi connectivity index (χ2v) is 6.01. The Hall–Kier alpha value is -0.120. The highest BCUT2D eigenvalue weighted by molar-refractivity contribution is 4.76. The summed E-state index contributed by atoms with van der Waals surface area (Å²) in [5.74, 6) is 1.86. The van der Waals surface area contributed by atoms with E-state index in [1.54, 1.807) is 0 Å². The Balaban J connectivity index is 1.61. The number of rotatable bonds is 4. The first-order valence-corrected chi connectivity index (χ1v) is 7.41. The molecule has 2 heterocycles. The van der Waals surface area contributed by atoms with Crippen LogP contribution in [0.15, 0.2) is 0 Å². The van der Waals surface area contributed by atoms with E-state index < -0.39 is 0 Å². The summed E-state index contributed by atoms with van der Waals surface area (Å²) in [6.07, 6.45) is 2.83. The van der Waals surface area contributed by atoms with Crippen LogP contribution in [0, 0.1) is 11.8 Å². The van der Waals surface area contributed by atoms with E-state index in [1.165, 1.54) is 65.2 Å². The molecular weight excluding hydrogens is 210 g/mol. The van der Waals surface area contributed by atoms with Gasteiger partial charge in [0.15, 0.2) is 0 Å². The van der Waals surface area contributed by atoms with Crippen molar-refractivity contribution in [1.29, 1.82) is 0 Å². The van der Waals surface area contributed by atoms with E-state index in [-0.39, 0.29) is 0 Å². The van der Waals surface area contributed by atoms with Gasteiger partial charge in [-0.2, -0.15) is 0 Å². The largest absolute Gasteiger partial charge is 0.314 e. The molecule has 0 atom stereocenters. The van der Waals surface area contributed by atoms with Gasteiger partial charge >= 0.3 is 0 Å². The molecule has 1 N–H and O–H groups in total. The van der Waals surface area contributed by atoms with Crippen molar-refractivity contribution in [2.45, 2.75) is 26.7 Å². The molecule has 0 aromatic rings. The summed E-state index contributed by atoms with van der Waals surface area (Å²) in [6.45, 7) is 14.8. The van der Waals surface area contributed by atoms with E-state index in [9.17, 15) is 0 Å². The van der Waals surface area contributed by atoms with Crippen molar-refractivity contribution in [3.05, 3.63) is 0 Å². The van der Waals surface area contributed by atoms with E-state index >= 15 is 0 Å². The number of nitrogens with one attached hydrogen (secondary N) is 1. The lowest BCUT2D eigenvalue weighted by atomic mass is 9.87. The van der Waals surface area contributed by atoms with Crippen LogP contribution in [0.3, 0.4) is 0 Å². The summed E-state index contributed by atoms with van der Waals surface area (Å²) >= 11 is 0. The third-order valence-electron chi connectivity index (χ3n) is 4.52. The lowest BCUT2D eigenvalue weighted by molar-refractivity contribution is 0.133. The fourth-order valence-electron chi connectivity index (χ4n) is 3.06. The highest BCUT2D eigenvalue weighted by Crippen LogP contribution is 2.24. The molecule has 0 saturated carbocycles. The molecule has 2 saturated heterocycles. The Morgan fingerprint density at radius 1 is 0.941 bits per heavy atom. The summed E-state index contributed by atoms with van der Waals surface area (Å²) in [5, 5.41) is 3.42. The lowest BCUT2D eigenvalue weighted by Crippen LogP contribution is -2.47. The number of nitrogens with zero attached hydrogens (tertiary/aromatic N) is 2. The minimum Gasteiger partial charge on any atom is -0.314 e. The van der Waals surface area contributed by atoms with E-state index in [0.717, 1.165) is 11.8 Å². The van der Waals surface area contributed by atoms with Crippen LogP contribution < -0.4 is 5.32 Å². The topological polar surface area (TPSA) is 18.5 Å². The van der Waals surface area contributed by atoms with Crippen molar-refractivity contribution in [1.82, 2.24) is 15.1 Å². The summed E-state index contributed by atoms with van der Waals surface area (Å²) < 4.78 is 0. The van der Waals surface area contributed by atoms with E-state index in [4.69, 9.17) is 0 Å². The zero-order valence-corrected chi connectivity index (χ0v) is 11.6. The molecule has 100 valence electrons. The average Bonchev–Trinajstić information content (AvgIpc) is 2.38. The number of piperidine rings is 1. The maximum absolute atomic E-state index is 3.42. The molecule has 2 aliphatic rings. The molecule has 2 rings (SSSR count). The third kappa shape index (κ3) is 4.23. The lowest BCUT2D eigenvalue weighted by Gasteiger charge is -2.35. The van der Waals surface area contributed by atoms with Crippen LogP contribution in [-0.4, -0.2) is 62.2 Å². The molecule has 0 unspecified atom stereocenters. The van der Waals surface area contributed by atoms with Crippen LogP contribution in [0.25, 0.3) is 0 Å². The Labute approximate surface area is 107 Å². The number of piperazine rings is 1. The molecule has 0 amide bonds. The van der Waals surface area contributed by atoms with E-state index in [0.29, 0.717) is 0 Å². The van der Waals surface area contributed by atoms with Gasteiger partial charge in [-0.3, -0.25) is 4.90 Å². The molecule has 3 heteroatoms. The first-order chi connectivity index (χ1) is 8.25. The van der Waals surface area contributed by atoms with Gasteiger partial charge in [-0.25, -0.2) is 0 Å². The molecule has 0 radical (unpaired) electrons. The Kier molecular flexibility index (Phi) is 5.26. The Bertz CT molecular complexity index is 204. The average molecular weight is 239 g/mol. The van der Waals surface area contributed by atoms with Crippen LogP contribution in [-0.2, 0) is 0 Å². The predicted molar refractivity (Wildman–Crippen MR) is 73.3 cm³/mol. The maximum Gasteiger partial charge on any atom is 0.0110 e. The van der Waals surface area contributed by atoms with E-state index in [2.05, 4.69) is 29.0 Å². The van der Waals surface area contributed by atoms with Crippen LogP contribution in [0.5, 0.6) is 0 Å². The van der Waals surface area contributed by atoms with Crippen molar-refractivity contribution in [3.8, 4) is 0 Å². The van der Waals surface area contributed by atoms with Gasteiger partial charge in [-0.15, -0.1) is 0 Å². The SMILES string of the molecule is CC(C)C1CCN(CCN2CCNCC2)CC1. The maximum atomic E-state index is 3.42. The zero-order chi connectivity index (χ0) is 12.1. The smallest absolute Gasteiger partial charge is 0.0110 e. The first kappa shape index (κ1) is 13.3. The monoisotopic (exact) mass is 239 g/mol. The van der Waals surface area contributed by atoms with Gasteiger partial charge in [0.05, 0.1) is 0 Å². The summed E-state index contributed by atoms with van der Waals surface area (Å²) in [7, 11) is 0. The van der Waals surface area contributed by atoms with E-state index in [1.807, 2.05) is 0 Å². The van der Waals surface area contributed by atoms with Crippen molar-refractivity contribution >= 4 is 0 Å². The minimum absolute atomic E-state index is 0.880. The molecule has 17 heavy (non-hydrogen) atoms. The molecule has 0 bridgehead atoms. The van der Waals surface area contributed by atoms with Gasteiger partial charge in [0.1, 0.15) is 0 Å². The number of likely N-dealkylation sites (tertiary alicyclic amines) is 1. The van der Waals surface area contributed by atoms with Crippen molar-refractivity contribution in [2.75, 3.05) is 52.4 Å². The van der Waals surface area contributed by atoms with Gasteiger partial charge in [0, 0.05) is 39.3 Å². The highest BCUT2D eigenvalue weighted by Gasteiger charge is 2.21. The van der Waals surface area contributed by atoms with Crippen LogP contribution in [0.4, 0.5) is 0 Å².